The van der Waals surface area contributed by atoms with E-state index in [0.717, 1.165) is 5.03 Å². The molecule has 16 heavy (non-hydrogen) atoms. The standard InChI is InChI=1S/C8H7N5O2S/c14-8(15)5-1-2-7(9-3-5)16-4-6-10-12-13-11-6/h1-3H,4H2,(H,14,15)(H,10,11,12,13). The predicted octanol–water partition coefficient (Wildman–Crippen LogP) is 0.585. The monoisotopic (exact) mass is 237 g/mol. The Balaban J connectivity index is 1.98. The molecule has 0 atom stereocenters. The molecule has 0 saturated carbocycles. The van der Waals surface area contributed by atoms with Gasteiger partial charge < -0.3 is 5.11 Å². The molecule has 0 spiro atoms. The van der Waals surface area contributed by atoms with Gasteiger partial charge in [-0.3, -0.25) is 0 Å². The second-order valence-corrected chi connectivity index (χ2v) is 3.80. The lowest BCUT2D eigenvalue weighted by molar-refractivity contribution is 0.0696. The number of hydrogen-bond acceptors (Lipinski definition) is 6. The van der Waals surface area contributed by atoms with Crippen molar-refractivity contribution in [1.29, 1.82) is 0 Å². The fourth-order valence-electron chi connectivity index (χ4n) is 0.974. The van der Waals surface area contributed by atoms with Gasteiger partial charge in [0.1, 0.15) is 0 Å². The van der Waals surface area contributed by atoms with E-state index in [4.69, 9.17) is 5.11 Å². The number of carbonyl (C=O) groups is 1. The van der Waals surface area contributed by atoms with Crippen LogP contribution in [-0.2, 0) is 5.75 Å². The minimum atomic E-state index is -0.984. The molecule has 7 nitrogen and oxygen atoms in total. The van der Waals surface area contributed by atoms with E-state index < -0.39 is 5.97 Å². The van der Waals surface area contributed by atoms with Gasteiger partial charge in [-0.05, 0) is 12.1 Å². The van der Waals surface area contributed by atoms with Crippen LogP contribution in [0.2, 0.25) is 0 Å². The van der Waals surface area contributed by atoms with Crippen molar-refractivity contribution in [2.24, 2.45) is 0 Å². The van der Waals surface area contributed by atoms with E-state index in [1.165, 1.54) is 24.0 Å². The van der Waals surface area contributed by atoms with E-state index in [2.05, 4.69) is 25.6 Å². The number of carboxylic acids is 1. The molecule has 0 aromatic carbocycles. The van der Waals surface area contributed by atoms with Crippen LogP contribution in [0.4, 0.5) is 0 Å². The normalized spacial score (nSPS) is 10.2. The van der Waals surface area contributed by atoms with Crippen LogP contribution in [0.3, 0.4) is 0 Å². The van der Waals surface area contributed by atoms with Gasteiger partial charge in [0.25, 0.3) is 0 Å². The predicted molar refractivity (Wildman–Crippen MR) is 54.9 cm³/mol. The number of nitrogens with zero attached hydrogens (tertiary/aromatic N) is 4. The number of aromatic carboxylic acids is 1. The maximum atomic E-state index is 10.6. The van der Waals surface area contributed by atoms with Crippen LogP contribution in [0.1, 0.15) is 16.2 Å². The number of nitrogens with one attached hydrogen (secondary N) is 1. The van der Waals surface area contributed by atoms with Crippen molar-refractivity contribution in [3.63, 3.8) is 0 Å². The average Bonchev–Trinajstić information content (AvgIpc) is 2.80. The zero-order valence-electron chi connectivity index (χ0n) is 7.99. The van der Waals surface area contributed by atoms with E-state index in [1.54, 1.807) is 6.07 Å². The smallest absolute Gasteiger partial charge is 0.337 e. The summed E-state index contributed by atoms with van der Waals surface area (Å²) in [4.78, 5) is 14.6. The van der Waals surface area contributed by atoms with Gasteiger partial charge in [0.15, 0.2) is 5.82 Å². The number of thioether (sulfide) groups is 1. The summed E-state index contributed by atoms with van der Waals surface area (Å²) < 4.78 is 0. The number of hydrogen-bond donors (Lipinski definition) is 2. The highest BCUT2D eigenvalue weighted by Gasteiger charge is 2.04. The molecule has 0 aliphatic heterocycles. The Morgan fingerprint density at radius 1 is 1.50 bits per heavy atom. The van der Waals surface area contributed by atoms with Crippen LogP contribution < -0.4 is 0 Å². The highest BCUT2D eigenvalue weighted by Crippen LogP contribution is 2.18. The summed E-state index contributed by atoms with van der Waals surface area (Å²) in [5.41, 5.74) is 0.170. The van der Waals surface area contributed by atoms with Crippen molar-refractivity contribution in [1.82, 2.24) is 25.6 Å². The minimum Gasteiger partial charge on any atom is -0.478 e. The van der Waals surface area contributed by atoms with Crippen LogP contribution in [0.25, 0.3) is 0 Å². The highest BCUT2D eigenvalue weighted by molar-refractivity contribution is 7.98. The van der Waals surface area contributed by atoms with Crippen molar-refractivity contribution >= 4 is 17.7 Å². The largest absolute Gasteiger partial charge is 0.478 e. The summed E-state index contributed by atoms with van der Waals surface area (Å²) in [5, 5.41) is 22.7. The fraction of sp³-hybridized carbons (Fsp3) is 0.125. The van der Waals surface area contributed by atoms with Gasteiger partial charge >= 0.3 is 5.97 Å². The summed E-state index contributed by atoms with van der Waals surface area (Å²) in [6.45, 7) is 0. The molecule has 0 radical (unpaired) electrons. The van der Waals surface area contributed by atoms with E-state index >= 15 is 0 Å². The molecule has 2 N–H and O–H groups in total. The van der Waals surface area contributed by atoms with Crippen molar-refractivity contribution in [3.8, 4) is 0 Å². The third-order valence-corrected chi connectivity index (χ3v) is 2.66. The van der Waals surface area contributed by atoms with Crippen LogP contribution in [0.15, 0.2) is 23.4 Å². The van der Waals surface area contributed by atoms with Crippen LogP contribution in [0, 0.1) is 0 Å². The molecule has 82 valence electrons. The molecule has 0 bridgehead atoms. The number of carboxylic acid groups (broad SMARTS) is 1. The average molecular weight is 237 g/mol. The molecule has 0 fully saturated rings. The van der Waals surface area contributed by atoms with E-state index in [1.807, 2.05) is 0 Å². The van der Waals surface area contributed by atoms with Gasteiger partial charge in [-0.2, -0.15) is 5.21 Å². The van der Waals surface area contributed by atoms with Gasteiger partial charge in [0.2, 0.25) is 0 Å². The molecule has 0 amide bonds. The molecule has 2 aromatic rings. The number of tetrazole rings is 1. The number of pyridine rings is 1. The van der Waals surface area contributed by atoms with Crippen LogP contribution in [-0.4, -0.2) is 36.7 Å². The van der Waals surface area contributed by atoms with Gasteiger partial charge in [-0.25, -0.2) is 9.78 Å². The van der Waals surface area contributed by atoms with E-state index in [9.17, 15) is 4.79 Å². The third-order valence-electron chi connectivity index (χ3n) is 1.72. The molecule has 2 rings (SSSR count). The van der Waals surface area contributed by atoms with E-state index in [0.29, 0.717) is 11.6 Å². The molecule has 2 heterocycles. The quantitative estimate of drug-likeness (QED) is 0.749. The van der Waals surface area contributed by atoms with Gasteiger partial charge in [0, 0.05) is 6.20 Å². The zero-order chi connectivity index (χ0) is 11.4. The van der Waals surface area contributed by atoms with Crippen molar-refractivity contribution in [2.45, 2.75) is 10.8 Å². The second-order valence-electron chi connectivity index (χ2n) is 2.81. The first-order valence-corrected chi connectivity index (χ1v) is 5.29. The Kier molecular flexibility index (Phi) is 3.10. The molecular weight excluding hydrogens is 230 g/mol. The first-order chi connectivity index (χ1) is 7.75. The van der Waals surface area contributed by atoms with Crippen LogP contribution >= 0.6 is 11.8 Å². The maximum Gasteiger partial charge on any atom is 0.337 e. The van der Waals surface area contributed by atoms with Crippen molar-refractivity contribution < 1.29 is 9.90 Å². The van der Waals surface area contributed by atoms with Gasteiger partial charge in [0.05, 0.1) is 16.3 Å². The Morgan fingerprint density at radius 3 is 2.94 bits per heavy atom. The molecule has 8 heteroatoms. The Morgan fingerprint density at radius 2 is 2.38 bits per heavy atom. The number of aromatic nitrogens is 5. The molecule has 0 aliphatic carbocycles. The third kappa shape index (κ3) is 2.54. The summed E-state index contributed by atoms with van der Waals surface area (Å²) in [6.07, 6.45) is 1.32. The molecule has 2 aromatic heterocycles. The molecule has 0 unspecified atom stereocenters. The lowest BCUT2D eigenvalue weighted by atomic mass is 10.3. The van der Waals surface area contributed by atoms with Gasteiger partial charge in [-0.15, -0.1) is 10.2 Å². The number of aromatic amines is 1. The Labute approximate surface area is 94.3 Å². The number of rotatable bonds is 4. The SMILES string of the molecule is O=C(O)c1ccc(SCc2nn[nH]n2)nc1. The fourth-order valence-corrected chi connectivity index (χ4v) is 1.67. The lowest BCUT2D eigenvalue weighted by Gasteiger charge is -1.98. The Hall–Kier alpha value is -1.96. The van der Waals surface area contributed by atoms with E-state index in [-0.39, 0.29) is 5.56 Å². The van der Waals surface area contributed by atoms with Crippen molar-refractivity contribution in [3.05, 3.63) is 29.7 Å². The van der Waals surface area contributed by atoms with Crippen LogP contribution in [0.5, 0.6) is 0 Å². The molecular formula is C8H7N5O2S. The topological polar surface area (TPSA) is 105 Å². The lowest BCUT2D eigenvalue weighted by Crippen LogP contribution is -1.96. The Bertz CT molecular complexity index is 470. The minimum absolute atomic E-state index is 0.170. The van der Waals surface area contributed by atoms with Crippen molar-refractivity contribution in [2.75, 3.05) is 0 Å². The first kappa shape index (κ1) is 10.6. The van der Waals surface area contributed by atoms with Gasteiger partial charge in [-0.1, -0.05) is 17.0 Å². The highest BCUT2D eigenvalue weighted by atomic mass is 32.2. The first-order valence-electron chi connectivity index (χ1n) is 4.30. The molecule has 0 aliphatic rings. The second kappa shape index (κ2) is 4.71. The number of H-pyrrole nitrogens is 1. The zero-order valence-corrected chi connectivity index (χ0v) is 8.81. The summed E-state index contributed by atoms with van der Waals surface area (Å²) in [7, 11) is 0. The summed E-state index contributed by atoms with van der Waals surface area (Å²) in [6, 6.07) is 3.15. The summed E-state index contributed by atoms with van der Waals surface area (Å²) in [5.74, 6) is 0.131. The maximum absolute atomic E-state index is 10.6. The summed E-state index contributed by atoms with van der Waals surface area (Å²) >= 11 is 1.41. The molecule has 0 saturated heterocycles.